The van der Waals surface area contributed by atoms with Crippen molar-refractivity contribution in [1.29, 1.82) is 0 Å². The Balaban J connectivity index is 1.67. The molecule has 0 saturated carbocycles. The number of amides is 1. The molecule has 0 aliphatic carbocycles. The van der Waals surface area contributed by atoms with Crippen LogP contribution >= 0.6 is 11.6 Å². The SMILES string of the molecule is COc1ccccc1NC(=O)c1c(N)n(Cc2ccc(Cl)cc2)c2nc3ccccc3nc12. The molecular weight excluding hydrogens is 438 g/mol. The lowest BCUT2D eigenvalue weighted by Crippen LogP contribution is -2.15. The fraction of sp³-hybridized carbons (Fsp3) is 0.0800. The molecule has 2 aromatic heterocycles. The summed E-state index contributed by atoms with van der Waals surface area (Å²) >= 11 is 6.04. The molecule has 2 heterocycles. The monoisotopic (exact) mass is 457 g/mol. The highest BCUT2D eigenvalue weighted by molar-refractivity contribution is 6.30. The minimum absolute atomic E-state index is 0.267. The van der Waals surface area contributed by atoms with Crippen LogP contribution in [0.1, 0.15) is 15.9 Å². The summed E-state index contributed by atoms with van der Waals surface area (Å²) in [6.07, 6.45) is 0. The molecule has 0 radical (unpaired) electrons. The van der Waals surface area contributed by atoms with Gasteiger partial charge in [0.1, 0.15) is 22.6 Å². The molecule has 0 spiro atoms. The van der Waals surface area contributed by atoms with Gasteiger partial charge in [0.25, 0.3) is 5.91 Å². The van der Waals surface area contributed by atoms with Gasteiger partial charge in [0.05, 0.1) is 30.4 Å². The zero-order valence-electron chi connectivity index (χ0n) is 17.7. The normalized spacial score (nSPS) is 11.1. The van der Waals surface area contributed by atoms with Crippen molar-refractivity contribution in [3.8, 4) is 5.75 Å². The molecular formula is C25H20ClN5O2. The number of hydrogen-bond acceptors (Lipinski definition) is 5. The van der Waals surface area contributed by atoms with Crippen molar-refractivity contribution < 1.29 is 9.53 Å². The van der Waals surface area contributed by atoms with Gasteiger partial charge in [0.2, 0.25) is 0 Å². The van der Waals surface area contributed by atoms with Crippen LogP contribution in [0.2, 0.25) is 5.02 Å². The van der Waals surface area contributed by atoms with Gasteiger partial charge in [-0.05, 0) is 42.0 Å². The van der Waals surface area contributed by atoms with Gasteiger partial charge in [0.15, 0.2) is 5.65 Å². The number of ether oxygens (including phenoxy) is 1. The van der Waals surface area contributed by atoms with Gasteiger partial charge in [-0.25, -0.2) is 9.97 Å². The number of methoxy groups -OCH3 is 1. The number of anilines is 2. The molecule has 5 aromatic rings. The van der Waals surface area contributed by atoms with Gasteiger partial charge in [-0.15, -0.1) is 0 Å². The fourth-order valence-electron chi connectivity index (χ4n) is 3.81. The van der Waals surface area contributed by atoms with Crippen LogP contribution in [-0.2, 0) is 6.54 Å². The minimum Gasteiger partial charge on any atom is -0.495 e. The van der Waals surface area contributed by atoms with E-state index >= 15 is 0 Å². The number of benzene rings is 3. The van der Waals surface area contributed by atoms with Crippen molar-refractivity contribution in [1.82, 2.24) is 14.5 Å². The van der Waals surface area contributed by atoms with Crippen LogP contribution in [0, 0.1) is 0 Å². The number of aromatic nitrogens is 3. The lowest BCUT2D eigenvalue weighted by Gasteiger charge is -2.10. The number of carbonyl (C=O) groups is 1. The van der Waals surface area contributed by atoms with Crippen LogP contribution in [0.25, 0.3) is 22.2 Å². The number of halogens is 1. The van der Waals surface area contributed by atoms with Crippen molar-refractivity contribution in [2.75, 3.05) is 18.2 Å². The van der Waals surface area contributed by atoms with Gasteiger partial charge >= 0.3 is 0 Å². The number of nitrogen functional groups attached to an aromatic ring is 1. The molecule has 3 aromatic carbocycles. The molecule has 0 atom stereocenters. The predicted octanol–water partition coefficient (Wildman–Crippen LogP) is 5.13. The van der Waals surface area contributed by atoms with Crippen LogP contribution in [0.15, 0.2) is 72.8 Å². The Labute approximate surface area is 194 Å². The van der Waals surface area contributed by atoms with E-state index in [1.807, 2.05) is 60.7 Å². The second-order valence-electron chi connectivity index (χ2n) is 7.51. The zero-order valence-corrected chi connectivity index (χ0v) is 18.5. The average molecular weight is 458 g/mol. The third-order valence-electron chi connectivity index (χ3n) is 5.43. The van der Waals surface area contributed by atoms with E-state index in [0.717, 1.165) is 11.1 Å². The van der Waals surface area contributed by atoms with Crippen LogP contribution < -0.4 is 15.8 Å². The van der Waals surface area contributed by atoms with E-state index in [4.69, 9.17) is 32.0 Å². The van der Waals surface area contributed by atoms with Gasteiger partial charge in [-0.1, -0.05) is 48.0 Å². The molecule has 0 unspecified atom stereocenters. The molecule has 1 amide bonds. The lowest BCUT2D eigenvalue weighted by molar-refractivity contribution is 0.102. The topological polar surface area (TPSA) is 95.1 Å². The number of hydrogen-bond donors (Lipinski definition) is 2. The third-order valence-corrected chi connectivity index (χ3v) is 5.68. The number of nitrogens with one attached hydrogen (secondary N) is 1. The Morgan fingerprint density at radius 1 is 1.00 bits per heavy atom. The van der Waals surface area contributed by atoms with Crippen molar-refractivity contribution in [2.24, 2.45) is 0 Å². The average Bonchev–Trinajstić information content (AvgIpc) is 3.09. The molecule has 33 heavy (non-hydrogen) atoms. The van der Waals surface area contributed by atoms with Gasteiger partial charge in [-0.2, -0.15) is 0 Å². The molecule has 0 fully saturated rings. The number of rotatable bonds is 5. The van der Waals surface area contributed by atoms with E-state index < -0.39 is 0 Å². The Kier molecular flexibility index (Phi) is 5.32. The lowest BCUT2D eigenvalue weighted by atomic mass is 10.2. The summed E-state index contributed by atoms with van der Waals surface area (Å²) < 4.78 is 7.16. The summed E-state index contributed by atoms with van der Waals surface area (Å²) in [7, 11) is 1.55. The summed E-state index contributed by atoms with van der Waals surface area (Å²) in [6, 6.07) is 22.2. The van der Waals surface area contributed by atoms with Crippen LogP contribution in [-0.4, -0.2) is 27.6 Å². The molecule has 3 N–H and O–H groups in total. The highest BCUT2D eigenvalue weighted by Crippen LogP contribution is 2.31. The van der Waals surface area contributed by atoms with Gasteiger partial charge in [0, 0.05) is 5.02 Å². The Morgan fingerprint density at radius 2 is 1.67 bits per heavy atom. The maximum Gasteiger partial charge on any atom is 0.261 e. The van der Waals surface area contributed by atoms with E-state index in [1.54, 1.807) is 23.8 Å². The number of nitrogens with zero attached hydrogens (tertiary/aromatic N) is 3. The second-order valence-corrected chi connectivity index (χ2v) is 7.95. The molecule has 0 aliphatic rings. The number of nitrogens with two attached hydrogens (primary N) is 1. The third kappa shape index (κ3) is 3.83. The maximum atomic E-state index is 13.4. The van der Waals surface area contributed by atoms with E-state index in [0.29, 0.717) is 39.7 Å². The van der Waals surface area contributed by atoms with E-state index in [9.17, 15) is 4.79 Å². The van der Waals surface area contributed by atoms with Crippen molar-refractivity contribution in [3.05, 3.63) is 88.9 Å². The Hall–Kier alpha value is -4.10. The Morgan fingerprint density at radius 3 is 2.39 bits per heavy atom. The summed E-state index contributed by atoms with van der Waals surface area (Å²) in [5.41, 5.74) is 10.7. The van der Waals surface area contributed by atoms with Crippen molar-refractivity contribution in [2.45, 2.75) is 6.54 Å². The van der Waals surface area contributed by atoms with Crippen LogP contribution in [0.4, 0.5) is 11.5 Å². The first-order chi connectivity index (χ1) is 16.0. The molecule has 0 aliphatic heterocycles. The van der Waals surface area contributed by atoms with Gasteiger partial charge in [-0.3, -0.25) is 4.79 Å². The molecule has 0 saturated heterocycles. The first kappa shape index (κ1) is 20.8. The first-order valence-electron chi connectivity index (χ1n) is 10.3. The summed E-state index contributed by atoms with van der Waals surface area (Å²) in [4.78, 5) is 22.9. The molecule has 7 nitrogen and oxygen atoms in total. The maximum absolute atomic E-state index is 13.4. The fourth-order valence-corrected chi connectivity index (χ4v) is 3.93. The van der Waals surface area contributed by atoms with Crippen molar-refractivity contribution >= 4 is 51.2 Å². The number of carbonyl (C=O) groups excluding carboxylic acids is 1. The van der Waals surface area contributed by atoms with Crippen molar-refractivity contribution in [3.63, 3.8) is 0 Å². The van der Waals surface area contributed by atoms with Crippen LogP contribution in [0.5, 0.6) is 5.75 Å². The largest absolute Gasteiger partial charge is 0.495 e. The highest BCUT2D eigenvalue weighted by atomic mass is 35.5. The number of fused-ring (bicyclic) bond motifs is 2. The van der Waals surface area contributed by atoms with E-state index in [1.165, 1.54) is 0 Å². The number of para-hydroxylation sites is 4. The summed E-state index contributed by atoms with van der Waals surface area (Å²) in [5, 5.41) is 3.55. The quantitative estimate of drug-likeness (QED) is 0.381. The minimum atomic E-state index is -0.388. The zero-order chi connectivity index (χ0) is 22.9. The standard InChI is InChI=1S/C25H20ClN5O2/c1-33-20-9-5-4-8-19(20)30-25(32)21-22-24(29-18-7-3-2-6-17(18)28-22)31(23(21)27)14-15-10-12-16(26)13-11-15/h2-13H,14,27H2,1H3,(H,30,32). The molecule has 5 rings (SSSR count). The molecule has 8 heteroatoms. The second kappa shape index (κ2) is 8.44. The highest BCUT2D eigenvalue weighted by Gasteiger charge is 2.25. The predicted molar refractivity (Wildman–Crippen MR) is 131 cm³/mol. The molecule has 164 valence electrons. The van der Waals surface area contributed by atoms with E-state index in [2.05, 4.69) is 5.32 Å². The smallest absolute Gasteiger partial charge is 0.261 e. The van der Waals surface area contributed by atoms with E-state index in [-0.39, 0.29) is 17.3 Å². The molecule has 0 bridgehead atoms. The summed E-state index contributed by atoms with van der Waals surface area (Å²) in [6.45, 7) is 0.411. The Bertz CT molecular complexity index is 1490. The van der Waals surface area contributed by atoms with Crippen LogP contribution in [0.3, 0.4) is 0 Å². The first-order valence-corrected chi connectivity index (χ1v) is 10.7. The summed E-state index contributed by atoms with van der Waals surface area (Å²) in [5.74, 6) is 0.440. The van der Waals surface area contributed by atoms with Gasteiger partial charge < -0.3 is 20.4 Å².